The van der Waals surface area contributed by atoms with Gasteiger partial charge in [-0.3, -0.25) is 4.79 Å². The number of nitrogens with zero attached hydrogens (tertiary/aromatic N) is 1. The van der Waals surface area contributed by atoms with E-state index in [0.717, 1.165) is 11.1 Å². The van der Waals surface area contributed by atoms with Gasteiger partial charge in [-0.2, -0.15) is 5.26 Å². The Hall–Kier alpha value is -2.05. The molecule has 0 radical (unpaired) electrons. The Bertz CT molecular complexity index is 668. The molecule has 3 nitrogen and oxygen atoms in total. The molecule has 84 valence electrons. The molecule has 0 bridgehead atoms. The van der Waals surface area contributed by atoms with Gasteiger partial charge in [0.15, 0.2) is 0 Å². The molecule has 0 aliphatic heterocycles. The lowest BCUT2D eigenvalue weighted by Crippen LogP contribution is -2.10. The molecule has 1 aromatic heterocycles. The topological polar surface area (TPSA) is 56.6 Å². The van der Waals surface area contributed by atoms with Gasteiger partial charge in [-0.05, 0) is 30.2 Å². The highest BCUT2D eigenvalue weighted by Gasteiger charge is 2.11. The minimum Gasteiger partial charge on any atom is -0.328 e. The van der Waals surface area contributed by atoms with E-state index in [0.29, 0.717) is 10.6 Å². The summed E-state index contributed by atoms with van der Waals surface area (Å²) in [4.78, 5) is 14.0. The zero-order valence-corrected chi connectivity index (χ0v) is 9.88. The van der Waals surface area contributed by atoms with Gasteiger partial charge < -0.3 is 4.98 Å². The molecule has 17 heavy (non-hydrogen) atoms. The Morgan fingerprint density at radius 3 is 2.76 bits per heavy atom. The van der Waals surface area contributed by atoms with Gasteiger partial charge in [0, 0.05) is 16.8 Å². The van der Waals surface area contributed by atoms with Crippen molar-refractivity contribution in [3.63, 3.8) is 0 Å². The lowest BCUT2D eigenvalue weighted by molar-refractivity contribution is 1.21. The predicted molar refractivity (Wildman–Crippen MR) is 67.0 cm³/mol. The van der Waals surface area contributed by atoms with Crippen LogP contribution in [-0.2, 0) is 0 Å². The summed E-state index contributed by atoms with van der Waals surface area (Å²) in [7, 11) is 0. The predicted octanol–water partition coefficient (Wildman–Crippen LogP) is 2.88. The van der Waals surface area contributed by atoms with Gasteiger partial charge in [0.05, 0.1) is 0 Å². The van der Waals surface area contributed by atoms with E-state index >= 15 is 0 Å². The molecule has 0 aliphatic rings. The van der Waals surface area contributed by atoms with Crippen LogP contribution in [0.4, 0.5) is 0 Å². The highest BCUT2D eigenvalue weighted by molar-refractivity contribution is 6.31. The Morgan fingerprint density at radius 2 is 2.06 bits per heavy atom. The lowest BCUT2D eigenvalue weighted by Gasteiger charge is -2.08. The fraction of sp³-hybridized carbons (Fsp3) is 0.0769. The minimum absolute atomic E-state index is 0.109. The molecular formula is C13H9ClN2O. The molecule has 0 saturated carbocycles. The molecule has 0 unspecified atom stereocenters. The largest absolute Gasteiger partial charge is 0.328 e. The molecule has 0 saturated heterocycles. The quantitative estimate of drug-likeness (QED) is 0.839. The number of pyridine rings is 1. The second-order valence-electron chi connectivity index (χ2n) is 3.62. The highest BCUT2D eigenvalue weighted by Crippen LogP contribution is 2.28. The number of nitrogens with one attached hydrogen (secondary N) is 1. The fourth-order valence-electron chi connectivity index (χ4n) is 1.71. The van der Waals surface area contributed by atoms with Gasteiger partial charge in [-0.25, -0.2) is 0 Å². The van der Waals surface area contributed by atoms with E-state index in [4.69, 9.17) is 16.9 Å². The number of aromatic amines is 1. The van der Waals surface area contributed by atoms with Crippen LogP contribution in [0.15, 0.2) is 35.3 Å². The van der Waals surface area contributed by atoms with Gasteiger partial charge in [-0.1, -0.05) is 23.7 Å². The summed E-state index contributed by atoms with van der Waals surface area (Å²) >= 11 is 6.03. The zero-order chi connectivity index (χ0) is 12.4. The van der Waals surface area contributed by atoms with Crippen LogP contribution < -0.4 is 5.56 Å². The third-order valence-electron chi connectivity index (χ3n) is 2.63. The number of rotatable bonds is 1. The summed E-state index contributed by atoms with van der Waals surface area (Å²) in [6, 6.07) is 9.05. The van der Waals surface area contributed by atoms with Crippen LogP contribution in [-0.4, -0.2) is 4.98 Å². The number of hydrogen-bond donors (Lipinski definition) is 1. The summed E-state index contributed by atoms with van der Waals surface area (Å²) in [6.45, 7) is 1.86. The van der Waals surface area contributed by atoms with E-state index in [1.54, 1.807) is 18.2 Å². The van der Waals surface area contributed by atoms with Crippen molar-refractivity contribution in [2.75, 3.05) is 0 Å². The van der Waals surface area contributed by atoms with Crippen LogP contribution in [0, 0.1) is 18.3 Å². The molecular weight excluding hydrogens is 236 g/mol. The van der Waals surface area contributed by atoms with E-state index in [9.17, 15) is 4.79 Å². The number of nitriles is 1. The second kappa shape index (κ2) is 4.44. The summed E-state index contributed by atoms with van der Waals surface area (Å²) in [6.07, 6.45) is 1.53. The van der Waals surface area contributed by atoms with Crippen molar-refractivity contribution in [2.45, 2.75) is 6.92 Å². The van der Waals surface area contributed by atoms with E-state index in [1.165, 1.54) is 6.20 Å². The summed E-state index contributed by atoms with van der Waals surface area (Å²) < 4.78 is 0. The van der Waals surface area contributed by atoms with Crippen molar-refractivity contribution in [1.82, 2.24) is 4.98 Å². The number of H-pyrrole nitrogens is 1. The Kier molecular flexibility index (Phi) is 2.99. The van der Waals surface area contributed by atoms with E-state index in [-0.39, 0.29) is 11.1 Å². The molecule has 2 rings (SSSR count). The molecule has 0 fully saturated rings. The third-order valence-corrected chi connectivity index (χ3v) is 3.04. The van der Waals surface area contributed by atoms with Crippen LogP contribution in [0.5, 0.6) is 0 Å². The van der Waals surface area contributed by atoms with Gasteiger partial charge in [0.2, 0.25) is 0 Å². The fourth-order valence-corrected chi connectivity index (χ4v) is 1.89. The van der Waals surface area contributed by atoms with Crippen molar-refractivity contribution in [3.8, 4) is 17.2 Å². The normalized spacial score (nSPS) is 9.94. The summed E-state index contributed by atoms with van der Waals surface area (Å²) in [5.41, 5.74) is 2.00. The molecule has 0 aliphatic carbocycles. The van der Waals surface area contributed by atoms with Gasteiger partial charge in [0.1, 0.15) is 11.6 Å². The molecule has 0 spiro atoms. The minimum atomic E-state index is -0.385. The van der Waals surface area contributed by atoms with Crippen molar-refractivity contribution < 1.29 is 0 Å². The van der Waals surface area contributed by atoms with Crippen molar-refractivity contribution in [2.24, 2.45) is 0 Å². The Balaban J connectivity index is 2.79. The standard InChI is InChI=1S/C13H9ClN2O/c1-8-9(3-2-4-12(8)14)10-5-6-16-13(17)11(10)7-15/h2-6H,1H3,(H,16,17). The van der Waals surface area contributed by atoms with Crippen molar-refractivity contribution >= 4 is 11.6 Å². The Labute approximate surface area is 103 Å². The van der Waals surface area contributed by atoms with Crippen molar-refractivity contribution in [3.05, 3.63) is 57.0 Å². The average Bonchev–Trinajstić information content (AvgIpc) is 2.32. The molecule has 4 heteroatoms. The first-order chi connectivity index (χ1) is 8.15. The van der Waals surface area contributed by atoms with Crippen molar-refractivity contribution in [1.29, 1.82) is 5.26 Å². The third kappa shape index (κ3) is 1.95. The molecule has 1 aromatic carbocycles. The highest BCUT2D eigenvalue weighted by atomic mass is 35.5. The van der Waals surface area contributed by atoms with E-state index in [1.807, 2.05) is 19.1 Å². The number of halogens is 1. The van der Waals surface area contributed by atoms with Gasteiger partial charge in [0.25, 0.3) is 5.56 Å². The Morgan fingerprint density at radius 1 is 1.29 bits per heavy atom. The van der Waals surface area contributed by atoms with Gasteiger partial charge in [-0.15, -0.1) is 0 Å². The molecule has 2 aromatic rings. The zero-order valence-electron chi connectivity index (χ0n) is 9.12. The van der Waals surface area contributed by atoms with E-state index < -0.39 is 0 Å². The first kappa shape index (κ1) is 11.4. The number of hydrogen-bond acceptors (Lipinski definition) is 2. The summed E-state index contributed by atoms with van der Waals surface area (Å²) in [5.74, 6) is 0. The molecule has 0 amide bonds. The van der Waals surface area contributed by atoms with Crippen LogP contribution >= 0.6 is 11.6 Å². The SMILES string of the molecule is Cc1c(Cl)cccc1-c1cc[nH]c(=O)c1C#N. The molecule has 0 atom stereocenters. The van der Waals surface area contributed by atoms with Crippen LogP contribution in [0.2, 0.25) is 5.02 Å². The first-order valence-corrected chi connectivity index (χ1v) is 5.40. The van der Waals surface area contributed by atoms with Crippen LogP contribution in [0.3, 0.4) is 0 Å². The molecule has 1 N–H and O–H groups in total. The second-order valence-corrected chi connectivity index (χ2v) is 4.03. The number of benzene rings is 1. The monoisotopic (exact) mass is 244 g/mol. The first-order valence-electron chi connectivity index (χ1n) is 5.02. The average molecular weight is 245 g/mol. The smallest absolute Gasteiger partial charge is 0.266 e. The maximum Gasteiger partial charge on any atom is 0.266 e. The van der Waals surface area contributed by atoms with Crippen LogP contribution in [0.1, 0.15) is 11.1 Å². The number of aromatic nitrogens is 1. The van der Waals surface area contributed by atoms with Gasteiger partial charge >= 0.3 is 0 Å². The lowest BCUT2D eigenvalue weighted by atomic mass is 9.98. The van der Waals surface area contributed by atoms with Crippen LogP contribution in [0.25, 0.3) is 11.1 Å². The molecule has 1 heterocycles. The summed E-state index contributed by atoms with van der Waals surface area (Å²) in [5, 5.41) is 9.64. The maximum atomic E-state index is 11.5. The van der Waals surface area contributed by atoms with E-state index in [2.05, 4.69) is 4.98 Å². The maximum absolute atomic E-state index is 11.5.